The predicted molar refractivity (Wildman–Crippen MR) is 168 cm³/mol. The summed E-state index contributed by atoms with van der Waals surface area (Å²) in [5.74, 6) is -0.00147. The Bertz CT molecular complexity index is 1390. The van der Waals surface area contributed by atoms with E-state index in [4.69, 9.17) is 28.4 Å². The highest BCUT2D eigenvalue weighted by molar-refractivity contribution is 7.99. The molecule has 0 aliphatic carbocycles. The van der Waals surface area contributed by atoms with Crippen LogP contribution in [0.3, 0.4) is 0 Å². The molecule has 0 aliphatic heterocycles. The van der Waals surface area contributed by atoms with Crippen molar-refractivity contribution in [2.45, 2.75) is 22.0 Å². The van der Waals surface area contributed by atoms with Crippen molar-refractivity contribution in [1.29, 1.82) is 0 Å². The minimum atomic E-state index is -0.689. The highest BCUT2D eigenvalue weighted by atomic mass is 32.2. The zero-order valence-corrected chi connectivity index (χ0v) is 24.8. The lowest BCUT2D eigenvalue weighted by atomic mass is 10.1. The number of carbonyl (C=O) groups excluding carboxylic acids is 2. The van der Waals surface area contributed by atoms with Gasteiger partial charge in [0.05, 0.1) is 31.3 Å². The first-order chi connectivity index (χ1) is 21.0. The number of hydrogen-bond donors (Lipinski definition) is 0. The van der Waals surface area contributed by atoms with Gasteiger partial charge in [0, 0.05) is 27.8 Å². The van der Waals surface area contributed by atoms with Crippen LogP contribution in [0.15, 0.2) is 121 Å². The Morgan fingerprint density at radius 2 is 1.23 bits per heavy atom. The molecule has 0 fully saturated rings. The van der Waals surface area contributed by atoms with Gasteiger partial charge in [-0.15, -0.1) is 13.2 Å². The normalized spacial score (nSPS) is 12.0. The summed E-state index contributed by atoms with van der Waals surface area (Å²) >= 11 is 1.49. The molecule has 0 bridgehead atoms. The summed E-state index contributed by atoms with van der Waals surface area (Å²) in [5.41, 5.74) is 0. The summed E-state index contributed by atoms with van der Waals surface area (Å²) in [6.45, 7) is 15.1. The van der Waals surface area contributed by atoms with Crippen LogP contribution in [-0.4, -0.2) is 63.8 Å². The van der Waals surface area contributed by atoms with Crippen LogP contribution in [0.25, 0.3) is 10.8 Å². The highest BCUT2D eigenvalue weighted by Gasteiger charge is 2.21. The predicted octanol–water partition coefficient (Wildman–Crippen LogP) is 6.35. The Hall–Kier alpha value is -4.31. The van der Waals surface area contributed by atoms with E-state index in [0.717, 1.165) is 32.7 Å². The number of benzene rings is 3. The number of ether oxygens (including phenoxy) is 6. The monoisotopic (exact) mass is 604 g/mol. The Kier molecular flexibility index (Phi) is 14.1. The Morgan fingerprint density at radius 1 is 0.698 bits per heavy atom. The number of rotatable bonds is 20. The van der Waals surface area contributed by atoms with Gasteiger partial charge < -0.3 is 28.4 Å². The molecule has 3 rings (SSSR count). The molecule has 0 N–H and O–H groups in total. The molecule has 2 unspecified atom stereocenters. The molecule has 226 valence electrons. The van der Waals surface area contributed by atoms with E-state index in [9.17, 15) is 9.59 Å². The second-order valence-corrected chi connectivity index (χ2v) is 10.1. The zero-order chi connectivity index (χ0) is 30.9. The molecule has 0 radical (unpaired) electrons. The third kappa shape index (κ3) is 10.8. The summed E-state index contributed by atoms with van der Waals surface area (Å²) in [6.07, 6.45) is 4.05. The molecule has 3 aromatic carbocycles. The van der Waals surface area contributed by atoms with Crippen molar-refractivity contribution in [1.82, 2.24) is 0 Å². The van der Waals surface area contributed by atoms with Gasteiger partial charge in [0.25, 0.3) is 0 Å². The maximum atomic E-state index is 12.0. The van der Waals surface area contributed by atoms with Gasteiger partial charge in [-0.25, -0.2) is 9.59 Å². The number of carbonyl (C=O) groups is 2. The third-order valence-electron chi connectivity index (χ3n) is 5.71. The van der Waals surface area contributed by atoms with E-state index in [-0.39, 0.29) is 26.4 Å². The van der Waals surface area contributed by atoms with E-state index in [1.165, 1.54) is 11.8 Å². The van der Waals surface area contributed by atoms with Gasteiger partial charge in [0.2, 0.25) is 0 Å². The average Bonchev–Trinajstić information content (AvgIpc) is 3.03. The van der Waals surface area contributed by atoms with E-state index in [0.29, 0.717) is 24.7 Å². The van der Waals surface area contributed by atoms with Gasteiger partial charge >= 0.3 is 11.9 Å². The fourth-order valence-corrected chi connectivity index (χ4v) is 4.81. The maximum Gasteiger partial charge on any atom is 0.330 e. The van der Waals surface area contributed by atoms with E-state index >= 15 is 0 Å². The lowest BCUT2D eigenvalue weighted by molar-refractivity contribution is -0.148. The van der Waals surface area contributed by atoms with Gasteiger partial charge in [-0.3, -0.25) is 0 Å². The first-order valence-electron chi connectivity index (χ1n) is 13.6. The molecule has 9 heteroatoms. The van der Waals surface area contributed by atoms with Crippen molar-refractivity contribution < 1.29 is 38.0 Å². The topological polar surface area (TPSA) is 89.5 Å². The average molecular weight is 605 g/mol. The van der Waals surface area contributed by atoms with Crippen LogP contribution in [0, 0.1) is 0 Å². The maximum absolute atomic E-state index is 12.0. The number of esters is 2. The van der Waals surface area contributed by atoms with Crippen molar-refractivity contribution in [3.05, 3.63) is 111 Å². The first kappa shape index (κ1) is 33.2. The molecule has 2 atom stereocenters. The Balaban J connectivity index is 1.97. The van der Waals surface area contributed by atoms with Crippen molar-refractivity contribution >= 4 is 34.5 Å². The van der Waals surface area contributed by atoms with Crippen LogP contribution >= 0.6 is 11.8 Å². The first-order valence-corrected chi connectivity index (χ1v) is 14.4. The summed E-state index contributed by atoms with van der Waals surface area (Å²) in [6, 6.07) is 19.3. The van der Waals surface area contributed by atoms with Crippen LogP contribution in [0.1, 0.15) is 0 Å². The standard InChI is InChI=1S/C34H36O8S/c1-5-18-37-21-25(41-32(35)7-3)23-39-30-20-31(43-27-14-10-9-11-15-27)34(29-17-13-12-16-28(29)30)40-24-26(22-38-19-6-2)42-33(36)8-4/h5-17,20,25-26H,1-4,18-19,21-24H2. The van der Waals surface area contributed by atoms with Crippen LogP contribution < -0.4 is 9.47 Å². The molecule has 0 heterocycles. The quantitative estimate of drug-likeness (QED) is 0.0634. The lowest BCUT2D eigenvalue weighted by Gasteiger charge is -2.22. The molecule has 43 heavy (non-hydrogen) atoms. The van der Waals surface area contributed by atoms with Crippen molar-refractivity contribution in [3.63, 3.8) is 0 Å². The minimum Gasteiger partial charge on any atom is -0.489 e. The van der Waals surface area contributed by atoms with E-state index < -0.39 is 24.1 Å². The third-order valence-corrected chi connectivity index (χ3v) is 6.74. The SMILES string of the molecule is C=CCOCC(COc1cc(Sc2ccccc2)c(OCC(COCC=C)OC(=O)C=C)c2ccccc12)OC(=O)C=C. The minimum absolute atomic E-state index is 0.0312. The molecule has 8 nitrogen and oxygen atoms in total. The fourth-order valence-electron chi connectivity index (χ4n) is 3.83. The van der Waals surface area contributed by atoms with Crippen LogP contribution in [0.4, 0.5) is 0 Å². The molecular weight excluding hydrogens is 568 g/mol. The van der Waals surface area contributed by atoms with E-state index in [1.54, 1.807) is 12.2 Å². The van der Waals surface area contributed by atoms with Crippen molar-refractivity contribution in [2.24, 2.45) is 0 Å². The molecule has 0 aliphatic rings. The van der Waals surface area contributed by atoms with Gasteiger partial charge in [-0.1, -0.05) is 79.5 Å². The summed E-state index contributed by atoms with van der Waals surface area (Å²) in [4.78, 5) is 25.7. The van der Waals surface area contributed by atoms with Gasteiger partial charge in [-0.05, 0) is 18.2 Å². The van der Waals surface area contributed by atoms with Crippen LogP contribution in [-0.2, 0) is 28.5 Å². The molecular formula is C34H36O8S. The largest absolute Gasteiger partial charge is 0.489 e. The smallest absolute Gasteiger partial charge is 0.330 e. The summed E-state index contributed by atoms with van der Waals surface area (Å²) < 4.78 is 34.6. The van der Waals surface area contributed by atoms with E-state index in [1.807, 2.05) is 60.7 Å². The molecule has 0 amide bonds. The van der Waals surface area contributed by atoms with Crippen LogP contribution in [0.2, 0.25) is 0 Å². The highest BCUT2D eigenvalue weighted by Crippen LogP contribution is 2.44. The Morgan fingerprint density at radius 3 is 1.79 bits per heavy atom. The second-order valence-electron chi connectivity index (χ2n) is 8.96. The van der Waals surface area contributed by atoms with E-state index in [2.05, 4.69) is 26.3 Å². The molecule has 0 saturated heterocycles. The molecule has 0 saturated carbocycles. The van der Waals surface area contributed by atoms with Gasteiger partial charge in [-0.2, -0.15) is 0 Å². The van der Waals surface area contributed by atoms with Gasteiger partial charge in [0.1, 0.15) is 24.7 Å². The van der Waals surface area contributed by atoms with Gasteiger partial charge in [0.15, 0.2) is 12.2 Å². The molecule has 0 aromatic heterocycles. The van der Waals surface area contributed by atoms with Crippen LogP contribution in [0.5, 0.6) is 11.5 Å². The lowest BCUT2D eigenvalue weighted by Crippen LogP contribution is -2.30. The van der Waals surface area contributed by atoms with Crippen molar-refractivity contribution in [2.75, 3.05) is 39.6 Å². The Labute approximate surface area is 256 Å². The fraction of sp³-hybridized carbons (Fsp3) is 0.235. The number of hydrogen-bond acceptors (Lipinski definition) is 9. The second kappa shape index (κ2) is 18.3. The molecule has 3 aromatic rings. The number of fused-ring (bicyclic) bond motifs is 1. The van der Waals surface area contributed by atoms with Crippen molar-refractivity contribution in [3.8, 4) is 11.5 Å². The molecule has 0 spiro atoms. The summed E-state index contributed by atoms with van der Waals surface area (Å²) in [5, 5.41) is 1.56. The zero-order valence-electron chi connectivity index (χ0n) is 24.0. The summed E-state index contributed by atoms with van der Waals surface area (Å²) in [7, 11) is 0.